The molecular formula is C12H15FN2. The average Bonchev–Trinajstić information content (AvgIpc) is 2.57. The van der Waals surface area contributed by atoms with Gasteiger partial charge in [0.05, 0.1) is 5.52 Å². The minimum Gasteiger partial charge on any atom is -0.343 e. The highest BCUT2D eigenvalue weighted by molar-refractivity contribution is 5.82. The summed E-state index contributed by atoms with van der Waals surface area (Å²) >= 11 is 0. The van der Waals surface area contributed by atoms with Gasteiger partial charge >= 0.3 is 0 Å². The molecule has 3 heteroatoms. The van der Waals surface area contributed by atoms with Gasteiger partial charge in [-0.1, -0.05) is 6.07 Å². The van der Waals surface area contributed by atoms with Crippen molar-refractivity contribution in [2.45, 2.75) is 26.4 Å². The van der Waals surface area contributed by atoms with E-state index in [-0.39, 0.29) is 11.9 Å². The molecule has 1 atom stereocenters. The molecule has 80 valence electrons. The Labute approximate surface area is 88.5 Å². The summed E-state index contributed by atoms with van der Waals surface area (Å²) in [5.41, 5.74) is 7.77. The predicted octanol–water partition coefficient (Wildman–Crippen LogP) is 2.82. The lowest BCUT2D eigenvalue weighted by molar-refractivity contribution is 0.639. The summed E-state index contributed by atoms with van der Waals surface area (Å²) in [6, 6.07) is 6.91. The first-order valence-electron chi connectivity index (χ1n) is 5.18. The van der Waals surface area contributed by atoms with Crippen molar-refractivity contribution in [3.05, 3.63) is 35.8 Å². The van der Waals surface area contributed by atoms with Crippen LogP contribution in [0.15, 0.2) is 24.3 Å². The molecule has 15 heavy (non-hydrogen) atoms. The average molecular weight is 206 g/mol. The van der Waals surface area contributed by atoms with Gasteiger partial charge in [-0.05, 0) is 32.0 Å². The van der Waals surface area contributed by atoms with Gasteiger partial charge < -0.3 is 10.3 Å². The molecule has 1 unspecified atom stereocenters. The van der Waals surface area contributed by atoms with E-state index in [9.17, 15) is 4.39 Å². The second kappa shape index (κ2) is 3.66. The number of nitrogens with zero attached hydrogens (tertiary/aromatic N) is 1. The molecule has 0 aliphatic heterocycles. The van der Waals surface area contributed by atoms with Crippen LogP contribution in [0.1, 0.15) is 25.6 Å². The fourth-order valence-corrected chi connectivity index (χ4v) is 2.00. The van der Waals surface area contributed by atoms with Crippen molar-refractivity contribution in [3.8, 4) is 0 Å². The Kier molecular flexibility index (Phi) is 2.49. The van der Waals surface area contributed by atoms with E-state index in [0.29, 0.717) is 5.39 Å². The Balaban J connectivity index is 2.78. The summed E-state index contributed by atoms with van der Waals surface area (Å²) in [6.45, 7) is 4.76. The molecule has 1 aromatic carbocycles. The minimum absolute atomic E-state index is 0.0725. The van der Waals surface area contributed by atoms with Crippen LogP contribution in [0.5, 0.6) is 0 Å². The molecule has 0 aliphatic carbocycles. The van der Waals surface area contributed by atoms with Crippen molar-refractivity contribution in [1.82, 2.24) is 4.57 Å². The highest BCUT2D eigenvalue weighted by Gasteiger charge is 2.12. The summed E-state index contributed by atoms with van der Waals surface area (Å²) in [5.74, 6) is -0.179. The Morgan fingerprint density at radius 3 is 2.80 bits per heavy atom. The van der Waals surface area contributed by atoms with Crippen molar-refractivity contribution < 1.29 is 4.39 Å². The number of hydrogen-bond acceptors (Lipinski definition) is 1. The van der Waals surface area contributed by atoms with Crippen molar-refractivity contribution in [2.24, 2.45) is 5.73 Å². The van der Waals surface area contributed by atoms with Gasteiger partial charge in [0.25, 0.3) is 0 Å². The lowest BCUT2D eigenvalue weighted by atomic mass is 10.2. The number of aryl methyl sites for hydroxylation is 1. The second-order valence-electron chi connectivity index (χ2n) is 3.77. The minimum atomic E-state index is -0.179. The molecule has 0 radical (unpaired) electrons. The van der Waals surface area contributed by atoms with Crippen LogP contribution >= 0.6 is 0 Å². The Bertz CT molecular complexity index is 486. The van der Waals surface area contributed by atoms with Crippen molar-refractivity contribution in [3.63, 3.8) is 0 Å². The monoisotopic (exact) mass is 206 g/mol. The Morgan fingerprint density at radius 2 is 2.20 bits per heavy atom. The topological polar surface area (TPSA) is 30.9 Å². The quantitative estimate of drug-likeness (QED) is 0.804. The smallest absolute Gasteiger partial charge is 0.132 e. The highest BCUT2D eigenvalue weighted by atomic mass is 19.1. The molecule has 2 N–H and O–H groups in total. The molecule has 0 saturated carbocycles. The number of benzene rings is 1. The van der Waals surface area contributed by atoms with E-state index in [2.05, 4.69) is 4.57 Å². The van der Waals surface area contributed by atoms with Crippen LogP contribution in [-0.2, 0) is 6.54 Å². The van der Waals surface area contributed by atoms with E-state index in [4.69, 9.17) is 5.73 Å². The van der Waals surface area contributed by atoms with Crippen LogP contribution in [0.4, 0.5) is 4.39 Å². The molecule has 0 spiro atoms. The van der Waals surface area contributed by atoms with Gasteiger partial charge in [0.1, 0.15) is 5.82 Å². The Hall–Kier alpha value is -1.35. The van der Waals surface area contributed by atoms with E-state index >= 15 is 0 Å². The molecule has 1 heterocycles. The van der Waals surface area contributed by atoms with Crippen LogP contribution < -0.4 is 5.73 Å². The second-order valence-corrected chi connectivity index (χ2v) is 3.77. The maximum atomic E-state index is 13.5. The summed E-state index contributed by atoms with van der Waals surface area (Å²) in [5, 5.41) is 0.659. The highest BCUT2D eigenvalue weighted by Crippen LogP contribution is 2.25. The third kappa shape index (κ3) is 1.53. The normalized spacial score (nSPS) is 13.3. The standard InChI is InChI=1S/C12H15FN2/c1-3-15-11-6-4-5-10(13)9(11)7-12(15)8(2)14/h4-8H,3,14H2,1-2H3. The molecule has 2 aromatic rings. The molecule has 0 amide bonds. The number of rotatable bonds is 2. The predicted molar refractivity (Wildman–Crippen MR) is 60.2 cm³/mol. The van der Waals surface area contributed by atoms with Gasteiger partial charge in [-0.25, -0.2) is 4.39 Å². The van der Waals surface area contributed by atoms with Crippen molar-refractivity contribution in [1.29, 1.82) is 0 Å². The summed E-state index contributed by atoms with van der Waals surface area (Å²) < 4.78 is 15.6. The largest absolute Gasteiger partial charge is 0.343 e. The first-order valence-corrected chi connectivity index (χ1v) is 5.18. The van der Waals surface area contributed by atoms with Gasteiger partial charge in [0.2, 0.25) is 0 Å². The number of hydrogen-bond donors (Lipinski definition) is 1. The molecule has 0 aliphatic rings. The van der Waals surface area contributed by atoms with Crippen LogP contribution in [-0.4, -0.2) is 4.57 Å². The van der Waals surface area contributed by atoms with Gasteiger partial charge in [0, 0.05) is 23.7 Å². The maximum Gasteiger partial charge on any atom is 0.132 e. The Morgan fingerprint density at radius 1 is 1.47 bits per heavy atom. The van der Waals surface area contributed by atoms with Crippen molar-refractivity contribution >= 4 is 10.9 Å². The maximum absolute atomic E-state index is 13.5. The van der Waals surface area contributed by atoms with E-state index in [1.165, 1.54) is 6.07 Å². The summed E-state index contributed by atoms with van der Waals surface area (Å²) in [4.78, 5) is 0. The molecule has 1 aromatic heterocycles. The molecule has 0 saturated heterocycles. The van der Waals surface area contributed by atoms with Crippen molar-refractivity contribution in [2.75, 3.05) is 0 Å². The summed E-state index contributed by atoms with van der Waals surface area (Å²) in [7, 11) is 0. The molecule has 2 nitrogen and oxygen atoms in total. The number of halogens is 1. The number of nitrogens with two attached hydrogens (primary N) is 1. The zero-order valence-corrected chi connectivity index (χ0v) is 9.00. The van der Waals surface area contributed by atoms with Gasteiger partial charge in [0.15, 0.2) is 0 Å². The number of aromatic nitrogens is 1. The zero-order valence-electron chi connectivity index (χ0n) is 9.00. The van der Waals surface area contributed by atoms with Crippen LogP contribution in [0.3, 0.4) is 0 Å². The summed E-state index contributed by atoms with van der Waals surface area (Å²) in [6.07, 6.45) is 0. The SMILES string of the molecule is CCn1c(C(C)N)cc2c(F)cccc21. The van der Waals surface area contributed by atoms with E-state index < -0.39 is 0 Å². The van der Waals surface area contributed by atoms with Gasteiger partial charge in [-0.3, -0.25) is 0 Å². The van der Waals surface area contributed by atoms with Crippen LogP contribution in [0, 0.1) is 5.82 Å². The molecule has 2 rings (SSSR count). The van der Waals surface area contributed by atoms with Crippen LogP contribution in [0.2, 0.25) is 0 Å². The molecule has 0 bridgehead atoms. The fraction of sp³-hybridized carbons (Fsp3) is 0.333. The first-order chi connectivity index (χ1) is 7.15. The van der Waals surface area contributed by atoms with E-state index in [0.717, 1.165) is 17.8 Å². The van der Waals surface area contributed by atoms with E-state index in [1.54, 1.807) is 6.07 Å². The molecule has 0 fully saturated rings. The first kappa shape index (κ1) is 10.2. The third-order valence-electron chi connectivity index (χ3n) is 2.71. The third-order valence-corrected chi connectivity index (χ3v) is 2.71. The zero-order chi connectivity index (χ0) is 11.0. The van der Waals surface area contributed by atoms with E-state index in [1.807, 2.05) is 26.0 Å². The fourth-order valence-electron chi connectivity index (χ4n) is 2.00. The lowest BCUT2D eigenvalue weighted by Gasteiger charge is -2.10. The molecular weight excluding hydrogens is 191 g/mol. The van der Waals surface area contributed by atoms with Gasteiger partial charge in [-0.2, -0.15) is 0 Å². The lowest BCUT2D eigenvalue weighted by Crippen LogP contribution is -2.11. The van der Waals surface area contributed by atoms with Crippen LogP contribution in [0.25, 0.3) is 10.9 Å². The number of fused-ring (bicyclic) bond motifs is 1. The van der Waals surface area contributed by atoms with Gasteiger partial charge in [-0.15, -0.1) is 0 Å².